The van der Waals surface area contributed by atoms with Crippen molar-refractivity contribution in [3.05, 3.63) is 71.3 Å². The van der Waals surface area contributed by atoms with Crippen molar-refractivity contribution < 1.29 is 29.4 Å². The minimum absolute atomic E-state index is 0.0120. The number of aryl methyl sites for hydroxylation is 1. The van der Waals surface area contributed by atoms with Gasteiger partial charge < -0.3 is 26.6 Å². The van der Waals surface area contributed by atoms with E-state index in [2.05, 4.69) is 10.6 Å². The molecule has 0 saturated heterocycles. The number of aliphatic carboxylic acids is 2. The highest BCUT2D eigenvalue weighted by Crippen LogP contribution is 2.09. The standard InChI is InChI=1S/C24H28N4O6/c25-22(26)17-11-9-15(10-12-17)7-4-8-20(29)27-18(14-21(30)31)23(32)28-19(24(33)34)13-16-5-2-1-3-6-16/h1-3,5-6,9-12,18-19H,4,7-8,13-14H2,(H3,25,26)(H,27,29)(H,28,32)(H,30,31)(H,33,34)/t18-,19-/m0/s1. The molecule has 0 saturated carbocycles. The number of carboxylic acids is 2. The lowest BCUT2D eigenvalue weighted by atomic mass is 10.0. The lowest BCUT2D eigenvalue weighted by Gasteiger charge is -2.20. The number of hydrogen-bond acceptors (Lipinski definition) is 5. The molecule has 0 spiro atoms. The first kappa shape index (κ1) is 26.0. The van der Waals surface area contributed by atoms with Crippen LogP contribution in [0, 0.1) is 5.41 Å². The fourth-order valence-electron chi connectivity index (χ4n) is 3.28. The Bertz CT molecular complexity index is 1020. The van der Waals surface area contributed by atoms with Gasteiger partial charge in [0, 0.05) is 18.4 Å². The largest absolute Gasteiger partial charge is 0.481 e. The molecule has 0 aliphatic rings. The summed E-state index contributed by atoms with van der Waals surface area (Å²) in [6.07, 6.45) is 0.377. The van der Waals surface area contributed by atoms with Crippen LogP contribution in [0.5, 0.6) is 0 Å². The van der Waals surface area contributed by atoms with E-state index < -0.39 is 42.3 Å². The molecule has 0 unspecified atom stereocenters. The highest BCUT2D eigenvalue weighted by atomic mass is 16.4. The molecule has 0 heterocycles. The number of benzene rings is 2. The molecule has 10 heteroatoms. The SMILES string of the molecule is N=C(N)c1ccc(CCCC(=O)N[C@@H](CC(=O)O)C(=O)N[C@@H](Cc2ccccc2)C(=O)O)cc1. The molecular formula is C24H28N4O6. The third-order valence-electron chi connectivity index (χ3n) is 5.06. The molecule has 0 aliphatic carbocycles. The van der Waals surface area contributed by atoms with Gasteiger partial charge in [0.25, 0.3) is 0 Å². The highest BCUT2D eigenvalue weighted by Gasteiger charge is 2.28. The minimum Gasteiger partial charge on any atom is -0.481 e. The quantitative estimate of drug-likeness (QED) is 0.188. The summed E-state index contributed by atoms with van der Waals surface area (Å²) in [5.41, 5.74) is 7.63. The van der Waals surface area contributed by atoms with Crippen molar-refractivity contribution in [2.75, 3.05) is 0 Å². The Hall–Kier alpha value is -4.21. The van der Waals surface area contributed by atoms with Crippen molar-refractivity contribution in [2.45, 2.75) is 44.2 Å². The molecule has 7 N–H and O–H groups in total. The molecule has 34 heavy (non-hydrogen) atoms. The molecular weight excluding hydrogens is 440 g/mol. The van der Waals surface area contributed by atoms with Gasteiger partial charge in [-0.2, -0.15) is 0 Å². The Balaban J connectivity index is 1.92. The highest BCUT2D eigenvalue weighted by molar-refractivity contribution is 5.95. The molecule has 0 radical (unpaired) electrons. The van der Waals surface area contributed by atoms with Gasteiger partial charge in [-0.05, 0) is 24.0 Å². The third kappa shape index (κ3) is 8.73. The zero-order valence-corrected chi connectivity index (χ0v) is 18.5. The minimum atomic E-state index is -1.41. The molecule has 2 aromatic carbocycles. The topological polar surface area (TPSA) is 183 Å². The second-order valence-corrected chi connectivity index (χ2v) is 7.77. The van der Waals surface area contributed by atoms with Crippen molar-refractivity contribution in [3.8, 4) is 0 Å². The summed E-state index contributed by atoms with van der Waals surface area (Å²) in [5, 5.41) is 30.7. The van der Waals surface area contributed by atoms with E-state index in [0.29, 0.717) is 24.0 Å². The summed E-state index contributed by atoms with van der Waals surface area (Å²) in [6.45, 7) is 0. The summed E-state index contributed by atoms with van der Waals surface area (Å²) < 4.78 is 0. The molecule has 0 fully saturated rings. The van der Waals surface area contributed by atoms with Gasteiger partial charge in [-0.15, -0.1) is 0 Å². The number of nitrogens with one attached hydrogen (secondary N) is 3. The number of carboxylic acid groups (broad SMARTS) is 2. The maximum absolute atomic E-state index is 12.6. The molecule has 180 valence electrons. The van der Waals surface area contributed by atoms with Crippen molar-refractivity contribution in [1.29, 1.82) is 5.41 Å². The maximum atomic E-state index is 12.6. The van der Waals surface area contributed by atoms with Gasteiger partial charge in [-0.25, -0.2) is 4.79 Å². The molecule has 0 bridgehead atoms. The van der Waals surface area contributed by atoms with Gasteiger partial charge in [0.15, 0.2) is 0 Å². The van der Waals surface area contributed by atoms with E-state index in [9.17, 15) is 24.3 Å². The second-order valence-electron chi connectivity index (χ2n) is 7.77. The number of rotatable bonds is 13. The third-order valence-corrected chi connectivity index (χ3v) is 5.06. The van der Waals surface area contributed by atoms with E-state index in [4.69, 9.17) is 16.2 Å². The average Bonchev–Trinajstić information content (AvgIpc) is 2.78. The summed E-state index contributed by atoms with van der Waals surface area (Å²) in [4.78, 5) is 47.8. The molecule has 0 aliphatic heterocycles. The van der Waals surface area contributed by atoms with Crippen LogP contribution in [0.3, 0.4) is 0 Å². The molecule has 2 atom stereocenters. The van der Waals surface area contributed by atoms with E-state index in [1.807, 2.05) is 0 Å². The van der Waals surface area contributed by atoms with Gasteiger partial charge in [-0.1, -0.05) is 54.6 Å². The van der Waals surface area contributed by atoms with Crippen molar-refractivity contribution in [1.82, 2.24) is 10.6 Å². The fraction of sp³-hybridized carbons (Fsp3) is 0.292. The van der Waals surface area contributed by atoms with Crippen LogP contribution in [0.2, 0.25) is 0 Å². The Kier molecular flexibility index (Phi) is 9.75. The van der Waals surface area contributed by atoms with Crippen LogP contribution in [0.1, 0.15) is 36.0 Å². The molecule has 2 rings (SSSR count). The predicted octanol–water partition coefficient (Wildman–Crippen LogP) is 1.06. The fourth-order valence-corrected chi connectivity index (χ4v) is 3.28. The van der Waals surface area contributed by atoms with E-state index in [-0.39, 0.29) is 18.7 Å². The van der Waals surface area contributed by atoms with E-state index in [0.717, 1.165) is 5.56 Å². The van der Waals surface area contributed by atoms with Crippen LogP contribution >= 0.6 is 0 Å². The number of hydrogen-bond donors (Lipinski definition) is 6. The van der Waals surface area contributed by atoms with Crippen LogP contribution in [-0.2, 0) is 32.0 Å². The van der Waals surface area contributed by atoms with Crippen molar-refractivity contribution >= 4 is 29.6 Å². The van der Waals surface area contributed by atoms with Crippen LogP contribution in [0.4, 0.5) is 0 Å². The number of carbonyl (C=O) groups excluding carboxylic acids is 2. The second kappa shape index (κ2) is 12.7. The van der Waals surface area contributed by atoms with E-state index >= 15 is 0 Å². The number of nitrogen functional groups attached to an aromatic ring is 1. The smallest absolute Gasteiger partial charge is 0.326 e. The molecule has 10 nitrogen and oxygen atoms in total. The summed E-state index contributed by atoms with van der Waals surface area (Å²) in [5.74, 6) is -4.01. The van der Waals surface area contributed by atoms with Gasteiger partial charge in [0.1, 0.15) is 17.9 Å². The van der Waals surface area contributed by atoms with Gasteiger partial charge in [0.05, 0.1) is 6.42 Å². The van der Waals surface area contributed by atoms with Crippen LogP contribution in [0.25, 0.3) is 0 Å². The summed E-state index contributed by atoms with van der Waals surface area (Å²) in [7, 11) is 0. The Morgan fingerprint density at radius 1 is 0.882 bits per heavy atom. The van der Waals surface area contributed by atoms with Crippen molar-refractivity contribution in [3.63, 3.8) is 0 Å². The molecule has 2 amide bonds. The lowest BCUT2D eigenvalue weighted by Crippen LogP contribution is -2.52. The first-order valence-electron chi connectivity index (χ1n) is 10.7. The Labute approximate surface area is 196 Å². The van der Waals surface area contributed by atoms with Gasteiger partial charge >= 0.3 is 11.9 Å². The first-order chi connectivity index (χ1) is 16.2. The van der Waals surface area contributed by atoms with Crippen LogP contribution < -0.4 is 16.4 Å². The number of nitrogens with two attached hydrogens (primary N) is 1. The number of amidine groups is 1. The van der Waals surface area contributed by atoms with Crippen LogP contribution in [0.15, 0.2) is 54.6 Å². The normalized spacial score (nSPS) is 12.2. The van der Waals surface area contributed by atoms with Gasteiger partial charge in [-0.3, -0.25) is 19.8 Å². The monoisotopic (exact) mass is 468 g/mol. The zero-order valence-electron chi connectivity index (χ0n) is 18.5. The number of carbonyl (C=O) groups is 4. The lowest BCUT2D eigenvalue weighted by molar-refractivity contribution is -0.143. The molecule has 2 aromatic rings. The summed E-state index contributed by atoms with van der Waals surface area (Å²) in [6, 6.07) is 13.0. The Morgan fingerprint density at radius 3 is 2.09 bits per heavy atom. The first-order valence-corrected chi connectivity index (χ1v) is 10.7. The predicted molar refractivity (Wildman–Crippen MR) is 124 cm³/mol. The van der Waals surface area contributed by atoms with E-state index in [1.54, 1.807) is 54.6 Å². The molecule has 0 aromatic heterocycles. The van der Waals surface area contributed by atoms with Crippen LogP contribution in [-0.4, -0.2) is 51.9 Å². The zero-order chi connectivity index (χ0) is 25.1. The maximum Gasteiger partial charge on any atom is 0.326 e. The number of amides is 2. The van der Waals surface area contributed by atoms with E-state index in [1.165, 1.54) is 0 Å². The Morgan fingerprint density at radius 2 is 1.53 bits per heavy atom. The average molecular weight is 469 g/mol. The van der Waals surface area contributed by atoms with Crippen molar-refractivity contribution in [2.24, 2.45) is 5.73 Å². The van der Waals surface area contributed by atoms with Gasteiger partial charge in [0.2, 0.25) is 11.8 Å². The summed E-state index contributed by atoms with van der Waals surface area (Å²) >= 11 is 0.